The molecule has 2 aliphatic carbocycles. The highest BCUT2D eigenvalue weighted by Crippen LogP contribution is 2.30. The van der Waals surface area contributed by atoms with Gasteiger partial charge in [0.1, 0.15) is 0 Å². The molecule has 142 valence electrons. The third kappa shape index (κ3) is 3.28. The maximum atomic E-state index is 12.8. The standard InChI is InChI=1S/C23H23N3O2/c27-22(24-16-9-10-16)14-4-3-5-17(12-14)25-23(28)15-8-11-21-19(13-15)18-6-1-2-7-20(18)26-21/h3-5,8,11-13,16,26H,1-2,6-7,9-10H2,(H,24,27)(H,25,28). The molecule has 0 atom stereocenters. The van der Waals surface area contributed by atoms with Crippen molar-refractivity contribution in [2.24, 2.45) is 0 Å². The van der Waals surface area contributed by atoms with Crippen molar-refractivity contribution in [2.75, 3.05) is 5.32 Å². The minimum atomic E-state index is -0.160. The number of carbonyl (C=O) groups excluding carboxylic acids is 2. The first-order valence-electron chi connectivity index (χ1n) is 10.0. The lowest BCUT2D eigenvalue weighted by molar-refractivity contribution is 0.0949. The van der Waals surface area contributed by atoms with Gasteiger partial charge in [0, 0.05) is 39.5 Å². The Bertz CT molecular complexity index is 1080. The molecule has 2 aromatic carbocycles. The van der Waals surface area contributed by atoms with Crippen molar-refractivity contribution in [1.82, 2.24) is 10.3 Å². The summed E-state index contributed by atoms with van der Waals surface area (Å²) >= 11 is 0. The first kappa shape index (κ1) is 17.0. The summed E-state index contributed by atoms with van der Waals surface area (Å²) in [6.45, 7) is 0. The molecule has 2 aliphatic rings. The normalized spacial score (nSPS) is 15.9. The first-order chi connectivity index (χ1) is 13.7. The highest BCUT2D eigenvalue weighted by Gasteiger charge is 2.24. The summed E-state index contributed by atoms with van der Waals surface area (Å²) in [5.74, 6) is -0.244. The molecule has 0 radical (unpaired) electrons. The van der Waals surface area contributed by atoms with Gasteiger partial charge in [0.2, 0.25) is 0 Å². The molecule has 2 amide bonds. The first-order valence-corrected chi connectivity index (χ1v) is 10.0. The van der Waals surface area contributed by atoms with Gasteiger partial charge in [0.25, 0.3) is 11.8 Å². The van der Waals surface area contributed by atoms with E-state index in [0.717, 1.165) is 36.6 Å². The second kappa shape index (κ2) is 6.82. The second-order valence-corrected chi connectivity index (χ2v) is 7.83. The summed E-state index contributed by atoms with van der Waals surface area (Å²) in [7, 11) is 0. The minimum Gasteiger partial charge on any atom is -0.358 e. The Morgan fingerprint density at radius 3 is 2.61 bits per heavy atom. The van der Waals surface area contributed by atoms with E-state index in [1.165, 1.54) is 24.1 Å². The van der Waals surface area contributed by atoms with Crippen LogP contribution in [0.25, 0.3) is 10.9 Å². The number of aryl methyl sites for hydroxylation is 2. The van der Waals surface area contributed by atoms with Crippen LogP contribution in [-0.2, 0) is 12.8 Å². The van der Waals surface area contributed by atoms with Crippen molar-refractivity contribution in [3.63, 3.8) is 0 Å². The minimum absolute atomic E-state index is 0.0843. The Balaban J connectivity index is 1.37. The van der Waals surface area contributed by atoms with Gasteiger partial charge in [-0.1, -0.05) is 6.07 Å². The van der Waals surface area contributed by atoms with Crippen LogP contribution in [0.5, 0.6) is 0 Å². The number of rotatable bonds is 4. The highest BCUT2D eigenvalue weighted by atomic mass is 16.2. The number of amides is 2. The number of hydrogen-bond donors (Lipinski definition) is 3. The Hall–Kier alpha value is -3.08. The van der Waals surface area contributed by atoms with Crippen LogP contribution in [0.1, 0.15) is 57.7 Å². The van der Waals surface area contributed by atoms with Crippen molar-refractivity contribution < 1.29 is 9.59 Å². The van der Waals surface area contributed by atoms with E-state index in [4.69, 9.17) is 0 Å². The number of anilines is 1. The molecule has 1 fully saturated rings. The maximum absolute atomic E-state index is 12.8. The quantitative estimate of drug-likeness (QED) is 0.641. The number of fused-ring (bicyclic) bond motifs is 3. The van der Waals surface area contributed by atoms with Crippen LogP contribution in [0, 0.1) is 0 Å². The molecule has 0 aliphatic heterocycles. The van der Waals surface area contributed by atoms with Gasteiger partial charge in [-0.15, -0.1) is 0 Å². The number of benzene rings is 2. The molecule has 3 aromatic rings. The van der Waals surface area contributed by atoms with E-state index < -0.39 is 0 Å². The number of nitrogens with one attached hydrogen (secondary N) is 3. The highest BCUT2D eigenvalue weighted by molar-refractivity contribution is 6.07. The smallest absolute Gasteiger partial charge is 0.255 e. The summed E-state index contributed by atoms with van der Waals surface area (Å²) in [4.78, 5) is 28.5. The van der Waals surface area contributed by atoms with Gasteiger partial charge in [-0.25, -0.2) is 0 Å². The van der Waals surface area contributed by atoms with E-state index in [1.807, 2.05) is 24.3 Å². The fourth-order valence-electron chi connectivity index (χ4n) is 3.99. The van der Waals surface area contributed by atoms with Crippen molar-refractivity contribution in [3.8, 4) is 0 Å². The average molecular weight is 373 g/mol. The van der Waals surface area contributed by atoms with E-state index >= 15 is 0 Å². The molecule has 5 heteroatoms. The fourth-order valence-corrected chi connectivity index (χ4v) is 3.99. The Kier molecular flexibility index (Phi) is 4.15. The summed E-state index contributed by atoms with van der Waals surface area (Å²) in [5.41, 5.74) is 5.60. The zero-order valence-electron chi connectivity index (χ0n) is 15.7. The molecule has 28 heavy (non-hydrogen) atoms. The lowest BCUT2D eigenvalue weighted by atomic mass is 9.95. The summed E-state index contributed by atoms with van der Waals surface area (Å²) in [5, 5.41) is 7.06. The maximum Gasteiger partial charge on any atom is 0.255 e. The molecule has 1 heterocycles. The van der Waals surface area contributed by atoms with Crippen molar-refractivity contribution >= 4 is 28.4 Å². The molecule has 0 spiro atoms. The van der Waals surface area contributed by atoms with Gasteiger partial charge in [0.05, 0.1) is 0 Å². The molecule has 1 aromatic heterocycles. The number of aromatic amines is 1. The van der Waals surface area contributed by atoms with Gasteiger partial charge in [0.15, 0.2) is 0 Å². The molecule has 0 bridgehead atoms. The monoisotopic (exact) mass is 373 g/mol. The van der Waals surface area contributed by atoms with Crippen molar-refractivity contribution in [1.29, 1.82) is 0 Å². The number of hydrogen-bond acceptors (Lipinski definition) is 2. The molecule has 5 nitrogen and oxygen atoms in total. The largest absolute Gasteiger partial charge is 0.358 e. The van der Waals surface area contributed by atoms with Crippen LogP contribution < -0.4 is 10.6 Å². The molecule has 0 unspecified atom stereocenters. The Morgan fingerprint density at radius 1 is 0.929 bits per heavy atom. The molecule has 0 saturated heterocycles. The van der Waals surface area contributed by atoms with Crippen LogP contribution in [0.4, 0.5) is 5.69 Å². The van der Waals surface area contributed by atoms with E-state index in [1.54, 1.807) is 18.2 Å². The van der Waals surface area contributed by atoms with E-state index in [2.05, 4.69) is 15.6 Å². The van der Waals surface area contributed by atoms with Gasteiger partial charge >= 0.3 is 0 Å². The fraction of sp³-hybridized carbons (Fsp3) is 0.304. The Morgan fingerprint density at radius 2 is 1.75 bits per heavy atom. The topological polar surface area (TPSA) is 74.0 Å². The van der Waals surface area contributed by atoms with Crippen LogP contribution in [0.15, 0.2) is 42.5 Å². The van der Waals surface area contributed by atoms with Crippen molar-refractivity contribution in [2.45, 2.75) is 44.6 Å². The van der Waals surface area contributed by atoms with Gasteiger partial charge in [-0.05, 0) is 80.5 Å². The number of aromatic nitrogens is 1. The lowest BCUT2D eigenvalue weighted by Gasteiger charge is -2.11. The summed E-state index contributed by atoms with van der Waals surface area (Å²) < 4.78 is 0. The van der Waals surface area contributed by atoms with Gasteiger partial charge in [-0.2, -0.15) is 0 Å². The second-order valence-electron chi connectivity index (χ2n) is 7.83. The van der Waals surface area contributed by atoms with Crippen molar-refractivity contribution in [3.05, 3.63) is 64.8 Å². The zero-order valence-corrected chi connectivity index (χ0v) is 15.7. The summed E-state index contributed by atoms with van der Waals surface area (Å²) in [6, 6.07) is 13.2. The van der Waals surface area contributed by atoms with Crippen LogP contribution >= 0.6 is 0 Å². The van der Waals surface area contributed by atoms with E-state index in [0.29, 0.717) is 22.9 Å². The molecular weight excluding hydrogens is 350 g/mol. The number of H-pyrrole nitrogens is 1. The van der Waals surface area contributed by atoms with E-state index in [9.17, 15) is 9.59 Å². The number of carbonyl (C=O) groups is 2. The predicted molar refractivity (Wildman–Crippen MR) is 110 cm³/mol. The Labute approximate surface area is 163 Å². The van der Waals surface area contributed by atoms with Crippen LogP contribution in [0.2, 0.25) is 0 Å². The lowest BCUT2D eigenvalue weighted by Crippen LogP contribution is -2.25. The van der Waals surface area contributed by atoms with Gasteiger partial charge in [-0.3, -0.25) is 9.59 Å². The van der Waals surface area contributed by atoms with E-state index in [-0.39, 0.29) is 11.8 Å². The summed E-state index contributed by atoms with van der Waals surface area (Å²) in [6.07, 6.45) is 6.67. The molecule has 1 saturated carbocycles. The van der Waals surface area contributed by atoms with Crippen LogP contribution in [-0.4, -0.2) is 22.8 Å². The predicted octanol–water partition coefficient (Wildman–Crippen LogP) is 4.19. The molecular formula is C23H23N3O2. The third-order valence-electron chi connectivity index (χ3n) is 5.66. The van der Waals surface area contributed by atoms with Crippen LogP contribution in [0.3, 0.4) is 0 Å². The third-order valence-corrected chi connectivity index (χ3v) is 5.66. The SMILES string of the molecule is O=C(Nc1cccc(C(=O)NC2CC2)c1)c1ccc2[nH]c3c(c2c1)CCCC3. The average Bonchev–Trinajstić information content (AvgIpc) is 3.45. The zero-order chi connectivity index (χ0) is 19.1. The van der Waals surface area contributed by atoms with Gasteiger partial charge < -0.3 is 15.6 Å². The molecule has 3 N–H and O–H groups in total. The molecule has 5 rings (SSSR count).